The molecule has 0 aliphatic carbocycles. The average Bonchev–Trinajstić information content (AvgIpc) is 2.46. The van der Waals surface area contributed by atoms with Crippen LogP contribution in [0.15, 0.2) is 23.6 Å². The molecule has 1 amide bonds. The van der Waals surface area contributed by atoms with Crippen LogP contribution >= 0.6 is 11.3 Å². The number of fused-ring (bicyclic) bond motifs is 1. The molecule has 3 N–H and O–H groups in total. The number of phenols is 1. The van der Waals surface area contributed by atoms with E-state index in [0.717, 1.165) is 10.1 Å². The number of hydrogen-bond donors (Lipinski definition) is 2. The van der Waals surface area contributed by atoms with Crippen LogP contribution in [0.2, 0.25) is 0 Å². The van der Waals surface area contributed by atoms with Crippen molar-refractivity contribution >= 4 is 27.3 Å². The van der Waals surface area contributed by atoms with Gasteiger partial charge in [-0.05, 0) is 18.2 Å². The number of rotatable bonds is 1. The molecule has 0 spiro atoms. The minimum absolute atomic E-state index is 0.199. The van der Waals surface area contributed by atoms with Crippen LogP contribution in [-0.4, -0.2) is 11.0 Å². The summed E-state index contributed by atoms with van der Waals surface area (Å²) in [7, 11) is 0. The first-order valence-electron chi connectivity index (χ1n) is 3.68. The highest BCUT2D eigenvalue weighted by atomic mass is 32.1. The number of nitrogens with two attached hydrogens (primary N) is 1. The molecule has 0 saturated heterocycles. The Morgan fingerprint density at radius 1 is 1.46 bits per heavy atom. The van der Waals surface area contributed by atoms with E-state index in [1.165, 1.54) is 11.3 Å². The van der Waals surface area contributed by atoms with E-state index in [4.69, 9.17) is 10.8 Å². The minimum atomic E-state index is -0.433. The number of amides is 1. The lowest BCUT2D eigenvalue weighted by Gasteiger charge is -1.93. The van der Waals surface area contributed by atoms with Gasteiger partial charge in [-0.2, -0.15) is 0 Å². The molecule has 1 aromatic heterocycles. The minimum Gasteiger partial charge on any atom is -0.508 e. The van der Waals surface area contributed by atoms with Crippen LogP contribution in [0, 0.1) is 0 Å². The molecule has 0 atom stereocenters. The van der Waals surface area contributed by atoms with Crippen LogP contribution in [0.5, 0.6) is 5.75 Å². The first-order valence-corrected chi connectivity index (χ1v) is 4.56. The Hall–Kier alpha value is -1.55. The highest BCUT2D eigenvalue weighted by Crippen LogP contribution is 2.28. The lowest BCUT2D eigenvalue weighted by molar-refractivity contribution is 0.100. The quantitative estimate of drug-likeness (QED) is 0.724. The van der Waals surface area contributed by atoms with Crippen molar-refractivity contribution in [1.29, 1.82) is 0 Å². The van der Waals surface area contributed by atoms with Gasteiger partial charge in [0.1, 0.15) is 5.75 Å². The summed E-state index contributed by atoms with van der Waals surface area (Å²) in [6.45, 7) is 0. The number of phenolic OH excluding ortho intramolecular Hbond substituents is 1. The molecule has 0 radical (unpaired) electrons. The zero-order chi connectivity index (χ0) is 9.42. The van der Waals surface area contributed by atoms with Gasteiger partial charge < -0.3 is 10.8 Å². The second kappa shape index (κ2) is 2.74. The number of carbonyl (C=O) groups is 1. The van der Waals surface area contributed by atoms with Gasteiger partial charge in [0, 0.05) is 15.5 Å². The topological polar surface area (TPSA) is 63.3 Å². The standard InChI is InChI=1S/C9H7NO2S/c10-9(12)7-4-13-8-3-5(11)1-2-6(7)8/h1-4,11H,(H2,10,12). The van der Waals surface area contributed by atoms with E-state index >= 15 is 0 Å². The first-order chi connectivity index (χ1) is 6.18. The van der Waals surface area contributed by atoms with Crippen molar-refractivity contribution in [3.8, 4) is 5.75 Å². The number of thiophene rings is 1. The molecular formula is C9H7NO2S. The maximum absolute atomic E-state index is 10.9. The Bertz CT molecular complexity index is 475. The molecule has 0 fully saturated rings. The highest BCUT2D eigenvalue weighted by Gasteiger charge is 2.08. The fourth-order valence-corrected chi connectivity index (χ4v) is 2.19. The van der Waals surface area contributed by atoms with Crippen molar-refractivity contribution in [2.45, 2.75) is 0 Å². The number of hydrogen-bond acceptors (Lipinski definition) is 3. The fourth-order valence-electron chi connectivity index (χ4n) is 1.21. The highest BCUT2D eigenvalue weighted by molar-refractivity contribution is 7.17. The van der Waals surface area contributed by atoms with E-state index in [-0.39, 0.29) is 5.75 Å². The normalized spacial score (nSPS) is 10.5. The Morgan fingerprint density at radius 2 is 2.23 bits per heavy atom. The Kier molecular flexibility index (Phi) is 1.70. The lowest BCUT2D eigenvalue weighted by atomic mass is 10.1. The molecule has 1 aromatic carbocycles. The predicted octanol–water partition coefficient (Wildman–Crippen LogP) is 1.71. The Balaban J connectivity index is 2.76. The maximum Gasteiger partial charge on any atom is 0.250 e. The first kappa shape index (κ1) is 8.07. The van der Waals surface area contributed by atoms with Crippen LogP contribution in [0.25, 0.3) is 10.1 Å². The zero-order valence-electron chi connectivity index (χ0n) is 6.65. The molecule has 2 aromatic rings. The van der Waals surface area contributed by atoms with Gasteiger partial charge in [0.05, 0.1) is 5.56 Å². The number of carbonyl (C=O) groups excluding carboxylic acids is 1. The van der Waals surface area contributed by atoms with Crippen molar-refractivity contribution in [1.82, 2.24) is 0 Å². The van der Waals surface area contributed by atoms with Gasteiger partial charge in [-0.25, -0.2) is 0 Å². The molecule has 0 unspecified atom stereocenters. The molecule has 0 bridgehead atoms. The molecule has 0 aliphatic heterocycles. The predicted molar refractivity (Wildman–Crippen MR) is 52.0 cm³/mol. The van der Waals surface area contributed by atoms with Gasteiger partial charge in [-0.3, -0.25) is 4.79 Å². The van der Waals surface area contributed by atoms with E-state index in [1.807, 2.05) is 0 Å². The van der Waals surface area contributed by atoms with E-state index in [2.05, 4.69) is 0 Å². The Labute approximate surface area is 78.4 Å². The largest absolute Gasteiger partial charge is 0.508 e. The number of aromatic hydroxyl groups is 1. The van der Waals surface area contributed by atoms with Gasteiger partial charge in [-0.15, -0.1) is 11.3 Å². The molecule has 4 heteroatoms. The van der Waals surface area contributed by atoms with Gasteiger partial charge >= 0.3 is 0 Å². The third-order valence-electron chi connectivity index (χ3n) is 1.82. The zero-order valence-corrected chi connectivity index (χ0v) is 7.47. The van der Waals surface area contributed by atoms with Gasteiger partial charge in [0.25, 0.3) is 0 Å². The van der Waals surface area contributed by atoms with E-state index in [0.29, 0.717) is 5.56 Å². The van der Waals surface area contributed by atoms with Crippen LogP contribution in [-0.2, 0) is 0 Å². The molecular weight excluding hydrogens is 186 g/mol. The number of benzene rings is 1. The summed E-state index contributed by atoms with van der Waals surface area (Å²) in [5, 5.41) is 11.7. The van der Waals surface area contributed by atoms with Crippen molar-refractivity contribution in [2.24, 2.45) is 5.73 Å². The average molecular weight is 193 g/mol. The van der Waals surface area contributed by atoms with Crippen molar-refractivity contribution in [3.63, 3.8) is 0 Å². The maximum atomic E-state index is 10.9. The SMILES string of the molecule is NC(=O)c1csc2cc(O)ccc12. The molecule has 66 valence electrons. The second-order valence-corrected chi connectivity index (χ2v) is 3.61. The third-order valence-corrected chi connectivity index (χ3v) is 2.77. The van der Waals surface area contributed by atoms with E-state index in [1.54, 1.807) is 23.6 Å². The summed E-state index contributed by atoms with van der Waals surface area (Å²) < 4.78 is 0.869. The third kappa shape index (κ3) is 1.25. The van der Waals surface area contributed by atoms with Crippen LogP contribution in [0.3, 0.4) is 0 Å². The molecule has 0 saturated carbocycles. The van der Waals surface area contributed by atoms with Crippen molar-refractivity contribution in [2.75, 3.05) is 0 Å². The van der Waals surface area contributed by atoms with Crippen LogP contribution in [0.1, 0.15) is 10.4 Å². The Morgan fingerprint density at radius 3 is 2.92 bits per heavy atom. The van der Waals surface area contributed by atoms with Crippen molar-refractivity contribution < 1.29 is 9.90 Å². The summed E-state index contributed by atoms with van der Waals surface area (Å²) in [6.07, 6.45) is 0. The summed E-state index contributed by atoms with van der Waals surface area (Å²) in [6, 6.07) is 4.86. The van der Waals surface area contributed by atoms with Crippen LogP contribution < -0.4 is 5.73 Å². The number of primary amides is 1. The lowest BCUT2D eigenvalue weighted by Crippen LogP contribution is -2.09. The summed E-state index contributed by atoms with van der Waals surface area (Å²) in [4.78, 5) is 10.9. The summed E-state index contributed by atoms with van der Waals surface area (Å²) in [5.74, 6) is -0.234. The smallest absolute Gasteiger partial charge is 0.250 e. The van der Waals surface area contributed by atoms with E-state index < -0.39 is 5.91 Å². The molecule has 0 aliphatic rings. The summed E-state index contributed by atoms with van der Waals surface area (Å²) >= 11 is 1.40. The van der Waals surface area contributed by atoms with E-state index in [9.17, 15) is 4.79 Å². The van der Waals surface area contributed by atoms with Crippen molar-refractivity contribution in [3.05, 3.63) is 29.1 Å². The second-order valence-electron chi connectivity index (χ2n) is 2.69. The van der Waals surface area contributed by atoms with Gasteiger partial charge in [0.2, 0.25) is 5.91 Å². The fraction of sp³-hybridized carbons (Fsp3) is 0. The summed E-state index contributed by atoms with van der Waals surface area (Å²) in [5.41, 5.74) is 5.68. The molecule has 1 heterocycles. The monoisotopic (exact) mass is 193 g/mol. The van der Waals surface area contributed by atoms with Crippen LogP contribution in [0.4, 0.5) is 0 Å². The van der Waals surface area contributed by atoms with Gasteiger partial charge in [0.15, 0.2) is 0 Å². The molecule has 2 rings (SSSR count). The molecule has 3 nitrogen and oxygen atoms in total. The van der Waals surface area contributed by atoms with Gasteiger partial charge in [-0.1, -0.05) is 0 Å². The molecule has 13 heavy (non-hydrogen) atoms.